The normalized spacial score (nSPS) is 18.6. The van der Waals surface area contributed by atoms with E-state index in [0.29, 0.717) is 16.0 Å². The zero-order chi connectivity index (χ0) is 13.8. The van der Waals surface area contributed by atoms with Crippen molar-refractivity contribution in [3.8, 4) is 0 Å². The van der Waals surface area contributed by atoms with Crippen LogP contribution in [0.3, 0.4) is 0 Å². The maximum absolute atomic E-state index is 13.3. The minimum atomic E-state index is -0.387. The lowest BCUT2D eigenvalue weighted by molar-refractivity contribution is 0.0673. The molecule has 1 N–H and O–H groups in total. The van der Waals surface area contributed by atoms with Gasteiger partial charge >= 0.3 is 0 Å². The van der Waals surface area contributed by atoms with E-state index in [-0.39, 0.29) is 24.1 Å². The predicted molar refractivity (Wildman–Crippen MR) is 83.9 cm³/mol. The van der Waals surface area contributed by atoms with E-state index >= 15 is 0 Å². The Morgan fingerprint density at radius 3 is 2.90 bits per heavy atom. The number of hydrogen-bond donors (Lipinski definition) is 1. The van der Waals surface area contributed by atoms with Crippen LogP contribution < -0.4 is 5.32 Å². The highest BCUT2D eigenvalue weighted by atomic mass is 79.9. The van der Waals surface area contributed by atoms with Gasteiger partial charge in [0.15, 0.2) is 0 Å². The molecule has 3 nitrogen and oxygen atoms in total. The predicted octanol–water partition coefficient (Wildman–Crippen LogP) is 3.08. The van der Waals surface area contributed by atoms with Crippen LogP contribution >= 0.6 is 28.3 Å². The molecule has 0 aromatic heterocycles. The highest BCUT2D eigenvalue weighted by Gasteiger charge is 2.24. The van der Waals surface area contributed by atoms with E-state index in [1.807, 2.05) is 11.9 Å². The van der Waals surface area contributed by atoms with Gasteiger partial charge in [-0.25, -0.2) is 4.39 Å². The number of nitrogens with one attached hydrogen (secondary N) is 1. The summed E-state index contributed by atoms with van der Waals surface area (Å²) < 4.78 is 13.9. The molecular weight excluding hydrogens is 347 g/mol. The van der Waals surface area contributed by atoms with Crippen molar-refractivity contribution in [1.29, 1.82) is 0 Å². The topological polar surface area (TPSA) is 32.3 Å². The van der Waals surface area contributed by atoms with Crippen LogP contribution in [0, 0.1) is 11.7 Å². The first kappa shape index (κ1) is 17.4. The van der Waals surface area contributed by atoms with Gasteiger partial charge in [0.25, 0.3) is 5.91 Å². The summed E-state index contributed by atoms with van der Waals surface area (Å²) >= 11 is 3.22. The van der Waals surface area contributed by atoms with Crippen LogP contribution in [0.2, 0.25) is 0 Å². The van der Waals surface area contributed by atoms with Gasteiger partial charge in [-0.15, -0.1) is 12.4 Å². The van der Waals surface area contributed by atoms with E-state index in [9.17, 15) is 9.18 Å². The number of nitrogens with zero attached hydrogens (tertiary/aromatic N) is 1. The average Bonchev–Trinajstić information content (AvgIpc) is 2.37. The molecule has 0 bridgehead atoms. The summed E-state index contributed by atoms with van der Waals surface area (Å²) in [5.41, 5.74) is 0.414. The second-order valence-corrected chi connectivity index (χ2v) is 5.89. The lowest BCUT2D eigenvalue weighted by Crippen LogP contribution is -2.42. The van der Waals surface area contributed by atoms with Crippen molar-refractivity contribution in [2.24, 2.45) is 5.92 Å². The Balaban J connectivity index is 0.00000200. The zero-order valence-corrected chi connectivity index (χ0v) is 13.8. The fourth-order valence-corrected chi connectivity index (χ4v) is 3.03. The third kappa shape index (κ3) is 4.43. The standard InChI is InChI=1S/C14H18BrFN2O.ClH/c1-17-8-10-3-2-4-18(9-10)14(19)11-5-12(15)7-13(16)6-11;/h5-7,10,17H,2-4,8-9H2,1H3;1H. The van der Waals surface area contributed by atoms with Crippen LogP contribution in [-0.4, -0.2) is 37.5 Å². The summed E-state index contributed by atoms with van der Waals surface area (Å²) in [6.07, 6.45) is 2.14. The second-order valence-electron chi connectivity index (χ2n) is 4.98. The van der Waals surface area contributed by atoms with Gasteiger partial charge in [-0.1, -0.05) is 15.9 Å². The number of carbonyl (C=O) groups excluding carboxylic acids is 1. The van der Waals surface area contributed by atoms with Gasteiger partial charge in [0.05, 0.1) is 0 Å². The van der Waals surface area contributed by atoms with Gasteiger partial charge in [-0.3, -0.25) is 4.79 Å². The lowest BCUT2D eigenvalue weighted by atomic mass is 9.97. The van der Waals surface area contributed by atoms with Gasteiger partial charge < -0.3 is 10.2 Å². The SMILES string of the molecule is CNCC1CCCN(C(=O)c2cc(F)cc(Br)c2)C1.Cl. The van der Waals surface area contributed by atoms with Gasteiger partial charge in [0.2, 0.25) is 0 Å². The first-order chi connectivity index (χ1) is 9.10. The van der Waals surface area contributed by atoms with Crippen molar-refractivity contribution < 1.29 is 9.18 Å². The van der Waals surface area contributed by atoms with Crippen LogP contribution in [0.15, 0.2) is 22.7 Å². The Morgan fingerprint density at radius 1 is 1.50 bits per heavy atom. The molecule has 1 unspecified atom stereocenters. The Kier molecular flexibility index (Phi) is 6.92. The number of rotatable bonds is 3. The third-order valence-corrected chi connectivity index (χ3v) is 3.87. The van der Waals surface area contributed by atoms with Crippen molar-refractivity contribution >= 4 is 34.2 Å². The van der Waals surface area contributed by atoms with Gasteiger partial charge in [-0.2, -0.15) is 0 Å². The summed E-state index contributed by atoms with van der Waals surface area (Å²) in [5, 5.41) is 3.15. The number of hydrogen-bond acceptors (Lipinski definition) is 2. The van der Waals surface area contributed by atoms with E-state index in [1.165, 1.54) is 12.1 Å². The van der Waals surface area contributed by atoms with E-state index < -0.39 is 0 Å². The maximum Gasteiger partial charge on any atom is 0.254 e. The molecule has 1 aromatic rings. The number of carbonyl (C=O) groups is 1. The first-order valence-corrected chi connectivity index (χ1v) is 7.29. The number of amides is 1. The Morgan fingerprint density at radius 2 is 2.25 bits per heavy atom. The summed E-state index contributed by atoms with van der Waals surface area (Å²) in [6, 6.07) is 4.33. The monoisotopic (exact) mass is 364 g/mol. The maximum atomic E-state index is 13.3. The zero-order valence-electron chi connectivity index (χ0n) is 11.4. The van der Waals surface area contributed by atoms with E-state index in [2.05, 4.69) is 21.2 Å². The Labute approximate surface area is 133 Å². The molecule has 0 spiro atoms. The van der Waals surface area contributed by atoms with Crippen LogP contribution in [-0.2, 0) is 0 Å². The molecule has 20 heavy (non-hydrogen) atoms. The molecule has 1 aromatic carbocycles. The Hall–Kier alpha value is -0.650. The van der Waals surface area contributed by atoms with Crippen molar-refractivity contribution in [2.75, 3.05) is 26.7 Å². The second kappa shape index (κ2) is 7.96. The quantitative estimate of drug-likeness (QED) is 0.893. The Bertz CT molecular complexity index is 450. The minimum absolute atomic E-state index is 0. The van der Waals surface area contributed by atoms with Crippen molar-refractivity contribution in [3.05, 3.63) is 34.1 Å². The average molecular weight is 366 g/mol. The van der Waals surface area contributed by atoms with E-state index in [0.717, 1.165) is 32.5 Å². The van der Waals surface area contributed by atoms with Crippen molar-refractivity contribution in [1.82, 2.24) is 10.2 Å². The third-order valence-electron chi connectivity index (χ3n) is 3.41. The van der Waals surface area contributed by atoms with Crippen molar-refractivity contribution in [2.45, 2.75) is 12.8 Å². The minimum Gasteiger partial charge on any atom is -0.338 e. The fraction of sp³-hybridized carbons (Fsp3) is 0.500. The van der Waals surface area contributed by atoms with Crippen LogP contribution in [0.4, 0.5) is 4.39 Å². The molecule has 6 heteroatoms. The lowest BCUT2D eigenvalue weighted by Gasteiger charge is -2.32. The molecule has 2 rings (SSSR count). The van der Waals surface area contributed by atoms with Crippen LogP contribution in [0.1, 0.15) is 23.2 Å². The van der Waals surface area contributed by atoms with Crippen LogP contribution in [0.5, 0.6) is 0 Å². The van der Waals surface area contributed by atoms with Gasteiger partial charge in [0, 0.05) is 23.1 Å². The highest BCUT2D eigenvalue weighted by Crippen LogP contribution is 2.20. The molecule has 1 atom stereocenters. The molecule has 0 saturated carbocycles. The van der Waals surface area contributed by atoms with Crippen molar-refractivity contribution in [3.63, 3.8) is 0 Å². The fourth-order valence-electron chi connectivity index (χ4n) is 2.56. The van der Waals surface area contributed by atoms with Crippen LogP contribution in [0.25, 0.3) is 0 Å². The summed E-state index contributed by atoms with van der Waals surface area (Å²) in [7, 11) is 1.92. The van der Waals surface area contributed by atoms with E-state index in [4.69, 9.17) is 0 Å². The molecule has 0 aliphatic carbocycles. The number of halogens is 3. The molecule has 0 radical (unpaired) electrons. The largest absolute Gasteiger partial charge is 0.338 e. The molecule has 112 valence electrons. The number of likely N-dealkylation sites (tertiary alicyclic amines) is 1. The molecule has 1 aliphatic heterocycles. The molecular formula is C14H19BrClFN2O. The summed E-state index contributed by atoms with van der Waals surface area (Å²) in [5.74, 6) is 0.0159. The molecule has 1 heterocycles. The molecule has 1 saturated heterocycles. The number of piperidine rings is 1. The first-order valence-electron chi connectivity index (χ1n) is 6.50. The molecule has 1 aliphatic rings. The molecule has 1 amide bonds. The molecule has 1 fully saturated rings. The summed E-state index contributed by atoms with van der Waals surface area (Å²) in [6.45, 7) is 2.41. The summed E-state index contributed by atoms with van der Waals surface area (Å²) in [4.78, 5) is 14.2. The van der Waals surface area contributed by atoms with E-state index in [1.54, 1.807) is 6.07 Å². The highest BCUT2D eigenvalue weighted by molar-refractivity contribution is 9.10. The van der Waals surface area contributed by atoms with Gasteiger partial charge in [-0.05, 0) is 50.6 Å². The number of benzene rings is 1. The van der Waals surface area contributed by atoms with Gasteiger partial charge in [0.1, 0.15) is 5.82 Å². The smallest absolute Gasteiger partial charge is 0.254 e.